The molecule has 0 unspecified atom stereocenters. The lowest BCUT2D eigenvalue weighted by Gasteiger charge is -2.30. The number of nitrogens with one attached hydrogen (secondary N) is 2. The third-order valence-corrected chi connectivity index (χ3v) is 5.28. The Morgan fingerprint density at radius 2 is 1.56 bits per heavy atom. The highest BCUT2D eigenvalue weighted by Crippen LogP contribution is 2.44. The Morgan fingerprint density at radius 3 is 2.09 bits per heavy atom. The summed E-state index contributed by atoms with van der Waals surface area (Å²) in [5.74, 6) is -2.14. The molecule has 2 atom stereocenters. The number of hydrogen-bond donors (Lipinski definition) is 3. The van der Waals surface area contributed by atoms with Crippen molar-refractivity contribution in [2.75, 3.05) is 13.2 Å². The fourth-order valence-electron chi connectivity index (χ4n) is 4.02. The number of hydrogen-bond acceptors (Lipinski definition) is 6. The number of carbonyl (C=O) groups excluding carboxylic acids is 2. The minimum atomic E-state index is -1.25. The van der Waals surface area contributed by atoms with Gasteiger partial charge in [0.05, 0.1) is 11.7 Å². The number of hydroxylamine groups is 1. The van der Waals surface area contributed by atoms with Crippen LogP contribution in [0.25, 0.3) is 11.1 Å². The van der Waals surface area contributed by atoms with Crippen LogP contribution in [-0.4, -0.2) is 54.0 Å². The van der Waals surface area contributed by atoms with E-state index in [1.165, 1.54) is 0 Å². The van der Waals surface area contributed by atoms with Gasteiger partial charge < -0.3 is 19.9 Å². The molecule has 0 radical (unpaired) electrons. The Morgan fingerprint density at radius 1 is 1.00 bits per heavy atom. The minimum absolute atomic E-state index is 0.0816. The standard InChI is InChI=1S/C25H30N2O7/c1-15(34-25(2,3)4)22(23(30)27-33-14-21(28)29)26-24(31)32-13-20-18-11-7-5-9-16(18)17-10-6-8-12-19(17)20/h5-12,15,20,22H,13-14H2,1-4H3,(H,26,31)(H,27,30)(H,28,29)/t15-,22+/m1/s1. The highest BCUT2D eigenvalue weighted by atomic mass is 16.7. The van der Waals surface area contributed by atoms with E-state index in [2.05, 4.69) is 10.2 Å². The smallest absolute Gasteiger partial charge is 0.407 e. The molecule has 9 nitrogen and oxygen atoms in total. The SMILES string of the molecule is C[C@@H](OC(C)(C)C)[C@H](NC(=O)OCC1c2ccccc2-c2ccccc21)C(=O)NOCC(=O)O. The molecule has 1 aliphatic rings. The van der Waals surface area contributed by atoms with E-state index >= 15 is 0 Å². The van der Waals surface area contributed by atoms with Crippen molar-refractivity contribution < 1.29 is 33.8 Å². The van der Waals surface area contributed by atoms with Gasteiger partial charge in [-0.3, -0.25) is 9.63 Å². The number of rotatable bonds is 9. The first-order chi connectivity index (χ1) is 16.1. The van der Waals surface area contributed by atoms with Crippen LogP contribution in [0.15, 0.2) is 48.5 Å². The van der Waals surface area contributed by atoms with Crippen LogP contribution in [0.1, 0.15) is 44.7 Å². The number of ether oxygens (including phenoxy) is 2. The Kier molecular flexibility index (Phi) is 7.90. The van der Waals surface area contributed by atoms with Crippen LogP contribution in [-0.2, 0) is 23.9 Å². The number of fused-ring (bicyclic) bond motifs is 3. The van der Waals surface area contributed by atoms with E-state index in [1.807, 2.05) is 74.8 Å². The molecule has 3 rings (SSSR count). The maximum Gasteiger partial charge on any atom is 0.407 e. The van der Waals surface area contributed by atoms with Crippen molar-refractivity contribution in [3.63, 3.8) is 0 Å². The van der Waals surface area contributed by atoms with E-state index in [-0.39, 0.29) is 12.5 Å². The van der Waals surface area contributed by atoms with Crippen LogP contribution < -0.4 is 10.8 Å². The zero-order valence-electron chi connectivity index (χ0n) is 19.7. The third-order valence-electron chi connectivity index (χ3n) is 5.28. The van der Waals surface area contributed by atoms with Gasteiger partial charge in [-0.15, -0.1) is 0 Å². The van der Waals surface area contributed by atoms with E-state index in [0.717, 1.165) is 22.3 Å². The average Bonchev–Trinajstić information content (AvgIpc) is 3.08. The average molecular weight is 471 g/mol. The number of carboxylic acid groups (broad SMARTS) is 1. The third kappa shape index (κ3) is 6.33. The summed E-state index contributed by atoms with van der Waals surface area (Å²) in [5, 5.41) is 11.2. The molecule has 2 aromatic carbocycles. The van der Waals surface area contributed by atoms with Crippen LogP contribution in [0.5, 0.6) is 0 Å². The second-order valence-corrected chi connectivity index (χ2v) is 9.03. The van der Waals surface area contributed by atoms with Crippen molar-refractivity contribution in [3.8, 4) is 11.1 Å². The van der Waals surface area contributed by atoms with E-state index in [4.69, 9.17) is 14.6 Å². The molecule has 0 aromatic heterocycles. The van der Waals surface area contributed by atoms with E-state index in [1.54, 1.807) is 6.92 Å². The van der Waals surface area contributed by atoms with E-state index in [0.29, 0.717) is 0 Å². The van der Waals surface area contributed by atoms with Gasteiger partial charge in [0.15, 0.2) is 6.61 Å². The second-order valence-electron chi connectivity index (χ2n) is 9.03. The summed E-state index contributed by atoms with van der Waals surface area (Å²) in [5.41, 5.74) is 5.79. The van der Waals surface area contributed by atoms with Crippen molar-refractivity contribution in [1.29, 1.82) is 0 Å². The molecule has 0 saturated heterocycles. The number of aliphatic carboxylic acids is 1. The van der Waals surface area contributed by atoms with Crippen molar-refractivity contribution in [2.24, 2.45) is 0 Å². The predicted molar refractivity (Wildman–Crippen MR) is 124 cm³/mol. The summed E-state index contributed by atoms with van der Waals surface area (Å²) in [7, 11) is 0. The molecule has 2 amide bonds. The quantitative estimate of drug-likeness (QED) is 0.481. The van der Waals surface area contributed by atoms with Crippen LogP contribution in [0.3, 0.4) is 0 Å². The van der Waals surface area contributed by atoms with Crippen molar-refractivity contribution in [2.45, 2.75) is 51.4 Å². The Balaban J connectivity index is 1.68. The summed E-state index contributed by atoms with van der Waals surface area (Å²) < 4.78 is 11.3. The molecule has 9 heteroatoms. The first-order valence-electron chi connectivity index (χ1n) is 11.0. The van der Waals surface area contributed by atoms with Gasteiger partial charge in [0.2, 0.25) is 0 Å². The zero-order chi connectivity index (χ0) is 24.9. The molecular weight excluding hydrogens is 440 g/mol. The summed E-state index contributed by atoms with van der Waals surface area (Å²) in [6.45, 7) is 6.42. The summed E-state index contributed by atoms with van der Waals surface area (Å²) >= 11 is 0. The Bertz CT molecular complexity index is 1000. The van der Waals surface area contributed by atoms with Gasteiger partial charge in [-0.25, -0.2) is 15.1 Å². The minimum Gasteiger partial charge on any atom is -0.479 e. The lowest BCUT2D eigenvalue weighted by molar-refractivity contribution is -0.152. The van der Waals surface area contributed by atoms with Gasteiger partial charge in [0, 0.05) is 5.92 Å². The lowest BCUT2D eigenvalue weighted by Crippen LogP contribution is -2.54. The topological polar surface area (TPSA) is 123 Å². The molecule has 0 saturated carbocycles. The summed E-state index contributed by atoms with van der Waals surface area (Å²) in [6, 6.07) is 14.8. The first-order valence-corrected chi connectivity index (χ1v) is 11.0. The predicted octanol–water partition coefficient (Wildman–Crippen LogP) is 3.23. The highest BCUT2D eigenvalue weighted by molar-refractivity contribution is 5.86. The van der Waals surface area contributed by atoms with Gasteiger partial charge in [-0.1, -0.05) is 48.5 Å². The van der Waals surface area contributed by atoms with Crippen molar-refractivity contribution in [1.82, 2.24) is 10.8 Å². The first kappa shape index (κ1) is 25.2. The van der Waals surface area contributed by atoms with Gasteiger partial charge >= 0.3 is 12.1 Å². The highest BCUT2D eigenvalue weighted by Gasteiger charge is 2.33. The van der Waals surface area contributed by atoms with Gasteiger partial charge in [0.1, 0.15) is 12.6 Å². The van der Waals surface area contributed by atoms with Gasteiger partial charge in [-0.2, -0.15) is 0 Å². The molecule has 2 aromatic rings. The Hall–Kier alpha value is -3.43. The fraction of sp³-hybridized carbons (Fsp3) is 0.400. The van der Waals surface area contributed by atoms with Gasteiger partial charge in [-0.05, 0) is 49.9 Å². The molecule has 0 aliphatic heterocycles. The van der Waals surface area contributed by atoms with Crippen molar-refractivity contribution in [3.05, 3.63) is 59.7 Å². The molecule has 0 spiro atoms. The maximum atomic E-state index is 12.7. The summed E-state index contributed by atoms with van der Waals surface area (Å²) in [6.07, 6.45) is -1.56. The van der Waals surface area contributed by atoms with Crippen LogP contribution in [0.2, 0.25) is 0 Å². The second kappa shape index (κ2) is 10.7. The molecule has 0 fully saturated rings. The monoisotopic (exact) mass is 470 g/mol. The van der Waals surface area contributed by atoms with Crippen molar-refractivity contribution >= 4 is 18.0 Å². The van der Waals surface area contributed by atoms with Crippen LogP contribution in [0, 0.1) is 0 Å². The molecule has 0 bridgehead atoms. The number of benzene rings is 2. The van der Waals surface area contributed by atoms with E-state index < -0.39 is 42.3 Å². The molecule has 34 heavy (non-hydrogen) atoms. The number of carbonyl (C=O) groups is 3. The largest absolute Gasteiger partial charge is 0.479 e. The molecular formula is C25H30N2O7. The number of alkyl carbamates (subject to hydrolysis) is 1. The van der Waals surface area contributed by atoms with Gasteiger partial charge in [0.25, 0.3) is 5.91 Å². The van der Waals surface area contributed by atoms with Crippen LogP contribution >= 0.6 is 0 Å². The molecule has 182 valence electrons. The fourth-order valence-corrected chi connectivity index (χ4v) is 4.02. The normalized spacial score (nSPS) is 14.5. The van der Waals surface area contributed by atoms with E-state index in [9.17, 15) is 14.4 Å². The number of amides is 2. The lowest BCUT2D eigenvalue weighted by atomic mass is 9.98. The number of carboxylic acids is 1. The molecule has 3 N–H and O–H groups in total. The summed E-state index contributed by atoms with van der Waals surface area (Å²) in [4.78, 5) is 40.6. The Labute approximate surface area is 198 Å². The zero-order valence-corrected chi connectivity index (χ0v) is 19.7. The maximum absolute atomic E-state index is 12.7. The molecule has 1 aliphatic carbocycles. The molecule has 0 heterocycles. The van der Waals surface area contributed by atoms with Crippen LogP contribution in [0.4, 0.5) is 4.79 Å².